The van der Waals surface area contributed by atoms with Crippen molar-refractivity contribution in [1.29, 1.82) is 0 Å². The average Bonchev–Trinajstić information content (AvgIpc) is 3.43. The number of methoxy groups -OCH3 is 1. The Morgan fingerprint density at radius 1 is 1.26 bits per heavy atom. The van der Waals surface area contributed by atoms with Crippen LogP contribution in [0.3, 0.4) is 0 Å². The third kappa shape index (κ3) is 4.93. The number of halogens is 1. The van der Waals surface area contributed by atoms with E-state index in [4.69, 9.17) is 16.3 Å². The molecule has 0 aliphatic carbocycles. The molecule has 1 atom stereocenters. The first-order valence-electron chi connectivity index (χ1n) is 9.53. The van der Waals surface area contributed by atoms with Crippen LogP contribution in [0.1, 0.15) is 12.8 Å². The number of benzene rings is 1. The number of rotatable bonds is 6. The second-order valence-electron chi connectivity index (χ2n) is 7.02. The zero-order chi connectivity index (χ0) is 22.0. The number of hydrogen-bond acceptors (Lipinski definition) is 7. The van der Waals surface area contributed by atoms with Gasteiger partial charge in [-0.3, -0.25) is 4.79 Å². The van der Waals surface area contributed by atoms with Crippen molar-refractivity contribution in [1.82, 2.24) is 9.29 Å². The summed E-state index contributed by atoms with van der Waals surface area (Å²) in [6.45, 7) is 0.529. The Bertz CT molecular complexity index is 1170. The molecule has 1 aliphatic rings. The van der Waals surface area contributed by atoms with Gasteiger partial charge in [-0.2, -0.15) is 4.31 Å². The Kier molecular flexibility index (Phi) is 6.63. The Morgan fingerprint density at radius 2 is 2.03 bits per heavy atom. The van der Waals surface area contributed by atoms with Crippen molar-refractivity contribution in [3.63, 3.8) is 0 Å². The fourth-order valence-electron chi connectivity index (χ4n) is 3.37. The minimum atomic E-state index is -3.65. The Labute approximate surface area is 193 Å². The van der Waals surface area contributed by atoms with Crippen LogP contribution < -0.4 is 10.1 Å². The first-order chi connectivity index (χ1) is 14.9. The van der Waals surface area contributed by atoms with Crippen LogP contribution in [0.4, 0.5) is 5.13 Å². The molecule has 1 fully saturated rings. The standard InChI is InChI=1S/C20H20ClN3O4S3/c1-28-15-6-4-13(5-7-15)16-12-29-20(22-16)23-19(25)14-3-2-10-24(11-14)31(26,27)18-9-8-17(21)30-18/h4-9,12,14H,2-3,10-11H2,1H3,(H,22,23,25). The quantitative estimate of drug-likeness (QED) is 0.538. The lowest BCUT2D eigenvalue weighted by Crippen LogP contribution is -2.43. The number of carbonyl (C=O) groups excluding carboxylic acids is 1. The molecule has 0 saturated carbocycles. The van der Waals surface area contributed by atoms with E-state index in [1.54, 1.807) is 13.2 Å². The number of amides is 1. The molecule has 1 aliphatic heterocycles. The van der Waals surface area contributed by atoms with E-state index in [1.807, 2.05) is 29.6 Å². The van der Waals surface area contributed by atoms with Crippen LogP contribution in [-0.4, -0.2) is 43.8 Å². The molecule has 11 heteroatoms. The van der Waals surface area contributed by atoms with Gasteiger partial charge in [0.2, 0.25) is 5.91 Å². The summed E-state index contributed by atoms with van der Waals surface area (Å²) in [7, 11) is -2.04. The number of thiophene rings is 1. The largest absolute Gasteiger partial charge is 0.497 e. The van der Waals surface area contributed by atoms with E-state index in [1.165, 1.54) is 21.7 Å². The molecule has 0 radical (unpaired) electrons. The third-order valence-corrected chi connectivity index (χ3v) is 9.34. The molecule has 1 unspecified atom stereocenters. The first kappa shape index (κ1) is 22.2. The van der Waals surface area contributed by atoms with Crippen molar-refractivity contribution in [2.75, 3.05) is 25.5 Å². The summed E-state index contributed by atoms with van der Waals surface area (Å²) in [5, 5.41) is 5.20. The molecule has 1 N–H and O–H groups in total. The number of piperidine rings is 1. The van der Waals surface area contributed by atoms with Crippen LogP contribution in [0.25, 0.3) is 11.3 Å². The van der Waals surface area contributed by atoms with Gasteiger partial charge in [0.1, 0.15) is 9.96 Å². The number of ether oxygens (including phenoxy) is 1. The maximum absolute atomic E-state index is 12.9. The smallest absolute Gasteiger partial charge is 0.252 e. The number of nitrogens with zero attached hydrogens (tertiary/aromatic N) is 2. The van der Waals surface area contributed by atoms with Gasteiger partial charge >= 0.3 is 0 Å². The molecular weight excluding hydrogens is 478 g/mol. The number of thiazole rings is 1. The fourth-order valence-corrected chi connectivity index (χ4v) is 7.25. The van der Waals surface area contributed by atoms with Gasteiger partial charge in [-0.1, -0.05) is 11.6 Å². The highest BCUT2D eigenvalue weighted by molar-refractivity contribution is 7.91. The highest BCUT2D eigenvalue weighted by Crippen LogP contribution is 2.31. The molecule has 3 heterocycles. The van der Waals surface area contributed by atoms with E-state index in [9.17, 15) is 13.2 Å². The van der Waals surface area contributed by atoms with Crippen LogP contribution >= 0.6 is 34.3 Å². The number of carbonyl (C=O) groups is 1. The minimum absolute atomic E-state index is 0.139. The maximum Gasteiger partial charge on any atom is 0.252 e. The predicted molar refractivity (Wildman–Crippen MR) is 124 cm³/mol. The Hall–Kier alpha value is -1.98. The topological polar surface area (TPSA) is 88.6 Å². The lowest BCUT2D eigenvalue weighted by Gasteiger charge is -2.30. The number of nitrogens with one attached hydrogen (secondary N) is 1. The SMILES string of the molecule is COc1ccc(-c2csc(NC(=O)C3CCCN(S(=O)(=O)c4ccc(Cl)s4)C3)n2)cc1. The lowest BCUT2D eigenvalue weighted by atomic mass is 9.99. The molecule has 3 aromatic rings. The van der Waals surface area contributed by atoms with E-state index in [2.05, 4.69) is 10.3 Å². The minimum Gasteiger partial charge on any atom is -0.497 e. The number of anilines is 1. The zero-order valence-corrected chi connectivity index (χ0v) is 19.8. The van der Waals surface area contributed by atoms with Gasteiger partial charge < -0.3 is 10.1 Å². The molecule has 7 nitrogen and oxygen atoms in total. The normalized spacial score (nSPS) is 17.4. The average molecular weight is 498 g/mol. The molecule has 31 heavy (non-hydrogen) atoms. The van der Waals surface area contributed by atoms with Gasteiger partial charge in [-0.25, -0.2) is 13.4 Å². The summed E-state index contributed by atoms with van der Waals surface area (Å²) < 4.78 is 32.9. The maximum atomic E-state index is 12.9. The Balaban J connectivity index is 1.42. The summed E-state index contributed by atoms with van der Waals surface area (Å²) in [6, 6.07) is 10.6. The molecule has 1 saturated heterocycles. The molecule has 1 aromatic carbocycles. The van der Waals surface area contributed by atoms with E-state index in [0.29, 0.717) is 28.9 Å². The first-order valence-corrected chi connectivity index (χ1v) is 13.0. The van der Waals surface area contributed by atoms with Gasteiger partial charge in [0.15, 0.2) is 5.13 Å². The van der Waals surface area contributed by atoms with E-state index in [-0.39, 0.29) is 16.7 Å². The summed E-state index contributed by atoms with van der Waals surface area (Å²) in [5.74, 6) is 0.0983. The van der Waals surface area contributed by atoms with Gasteiger partial charge in [0, 0.05) is 24.0 Å². The molecular formula is C20H20ClN3O4S3. The molecule has 1 amide bonds. The third-order valence-electron chi connectivity index (χ3n) is 5.02. The second kappa shape index (κ2) is 9.25. The van der Waals surface area contributed by atoms with Crippen molar-refractivity contribution in [2.24, 2.45) is 5.92 Å². The number of sulfonamides is 1. The highest BCUT2D eigenvalue weighted by atomic mass is 35.5. The summed E-state index contributed by atoms with van der Waals surface area (Å²) >= 11 is 8.25. The van der Waals surface area contributed by atoms with Gasteiger partial charge in [0.25, 0.3) is 10.0 Å². The van der Waals surface area contributed by atoms with Crippen LogP contribution in [0.2, 0.25) is 4.34 Å². The predicted octanol–water partition coefficient (Wildman–Crippen LogP) is 4.57. The van der Waals surface area contributed by atoms with Crippen molar-refractivity contribution in [3.8, 4) is 17.0 Å². The van der Waals surface area contributed by atoms with E-state index < -0.39 is 15.9 Å². The summed E-state index contributed by atoms with van der Waals surface area (Å²) in [6.07, 6.45) is 1.24. The van der Waals surface area contributed by atoms with E-state index >= 15 is 0 Å². The van der Waals surface area contributed by atoms with Gasteiger partial charge in [-0.15, -0.1) is 22.7 Å². The highest BCUT2D eigenvalue weighted by Gasteiger charge is 2.34. The monoisotopic (exact) mass is 497 g/mol. The fraction of sp³-hybridized carbons (Fsp3) is 0.300. The van der Waals surface area contributed by atoms with Crippen LogP contribution in [0.5, 0.6) is 5.75 Å². The Morgan fingerprint density at radius 3 is 2.71 bits per heavy atom. The van der Waals surface area contributed by atoms with Crippen molar-refractivity contribution in [2.45, 2.75) is 17.1 Å². The second-order valence-corrected chi connectivity index (χ2v) is 11.8. The lowest BCUT2D eigenvalue weighted by molar-refractivity contribution is -0.120. The molecule has 0 bridgehead atoms. The number of aromatic nitrogens is 1. The van der Waals surface area contributed by atoms with Gasteiger partial charge in [-0.05, 0) is 49.2 Å². The number of hydrogen-bond donors (Lipinski definition) is 1. The van der Waals surface area contributed by atoms with Crippen LogP contribution in [0, 0.1) is 5.92 Å². The molecule has 2 aromatic heterocycles. The van der Waals surface area contributed by atoms with Crippen molar-refractivity contribution >= 4 is 55.3 Å². The van der Waals surface area contributed by atoms with Crippen LogP contribution in [-0.2, 0) is 14.8 Å². The van der Waals surface area contributed by atoms with E-state index in [0.717, 1.165) is 28.3 Å². The van der Waals surface area contributed by atoms with Crippen LogP contribution in [0.15, 0.2) is 46.0 Å². The summed E-state index contributed by atoms with van der Waals surface area (Å²) in [4.78, 5) is 17.3. The molecule has 4 rings (SSSR count). The molecule has 164 valence electrons. The van der Waals surface area contributed by atoms with Gasteiger partial charge in [0.05, 0.1) is 23.1 Å². The van der Waals surface area contributed by atoms with Crippen molar-refractivity contribution < 1.29 is 17.9 Å². The zero-order valence-electron chi connectivity index (χ0n) is 16.6. The van der Waals surface area contributed by atoms with Crippen molar-refractivity contribution in [3.05, 3.63) is 46.1 Å². The molecule has 0 spiro atoms. The summed E-state index contributed by atoms with van der Waals surface area (Å²) in [5.41, 5.74) is 1.67.